The fourth-order valence-electron chi connectivity index (χ4n) is 7.12. The maximum Gasteiger partial charge on any atom is 0.245 e. The zero-order valence-electron chi connectivity index (χ0n) is 26.7. The zero-order valence-corrected chi connectivity index (χ0v) is 26.7. The van der Waals surface area contributed by atoms with Crippen molar-refractivity contribution in [2.24, 2.45) is 0 Å². The number of benzene rings is 3. The van der Waals surface area contributed by atoms with E-state index in [1.807, 2.05) is 35.5 Å². The topological polar surface area (TPSA) is 92.9 Å². The summed E-state index contributed by atoms with van der Waals surface area (Å²) in [5.74, 6) is 2.04. The summed E-state index contributed by atoms with van der Waals surface area (Å²) < 4.78 is 0. The third kappa shape index (κ3) is 6.02. The summed E-state index contributed by atoms with van der Waals surface area (Å²) in [5, 5.41) is 3.51. The number of rotatable bonds is 10. The first-order valence-electron chi connectivity index (χ1n) is 16.8. The molecule has 0 radical (unpaired) electrons. The summed E-state index contributed by atoms with van der Waals surface area (Å²) in [7, 11) is 0. The molecule has 3 atom stereocenters. The minimum Gasteiger partial charge on any atom is -0.341 e. The normalized spacial score (nSPS) is 18.8. The highest BCUT2D eigenvalue weighted by Crippen LogP contribution is 2.36. The molecule has 8 nitrogen and oxygen atoms in total. The van der Waals surface area contributed by atoms with Crippen molar-refractivity contribution in [2.75, 3.05) is 26.2 Å². The van der Waals surface area contributed by atoms with Crippen LogP contribution in [0.25, 0.3) is 33.6 Å². The predicted molar refractivity (Wildman–Crippen MR) is 183 cm³/mol. The number of amides is 1. The van der Waals surface area contributed by atoms with Crippen LogP contribution >= 0.6 is 0 Å². The van der Waals surface area contributed by atoms with E-state index in [1.165, 1.54) is 12.0 Å². The molecule has 7 rings (SSSR count). The first-order chi connectivity index (χ1) is 22.6. The van der Waals surface area contributed by atoms with Gasteiger partial charge in [0, 0.05) is 6.54 Å². The van der Waals surface area contributed by atoms with Gasteiger partial charge in [0.1, 0.15) is 17.7 Å². The van der Waals surface area contributed by atoms with E-state index in [9.17, 15) is 4.79 Å². The zero-order chi connectivity index (χ0) is 31.5. The van der Waals surface area contributed by atoms with Crippen molar-refractivity contribution in [3.8, 4) is 33.6 Å². The number of imidazole rings is 2. The summed E-state index contributed by atoms with van der Waals surface area (Å²) >= 11 is 0. The Hall–Kier alpha value is -4.53. The fraction of sp³-hybridized carbons (Fsp3) is 0.342. The Kier molecular flexibility index (Phi) is 8.81. The second-order valence-corrected chi connectivity index (χ2v) is 12.4. The van der Waals surface area contributed by atoms with Crippen LogP contribution in [-0.2, 0) is 4.79 Å². The number of aromatic nitrogens is 4. The minimum atomic E-state index is -0.293. The number of hydrogen-bond acceptors (Lipinski definition) is 5. The van der Waals surface area contributed by atoms with Gasteiger partial charge in [-0.3, -0.25) is 9.69 Å². The van der Waals surface area contributed by atoms with Crippen molar-refractivity contribution < 1.29 is 4.79 Å². The quantitative estimate of drug-likeness (QED) is 0.154. The summed E-state index contributed by atoms with van der Waals surface area (Å²) in [6.45, 7) is 7.68. The largest absolute Gasteiger partial charge is 0.341 e. The van der Waals surface area contributed by atoms with Gasteiger partial charge in [0.05, 0.1) is 35.9 Å². The van der Waals surface area contributed by atoms with Crippen LogP contribution in [0.5, 0.6) is 0 Å². The van der Waals surface area contributed by atoms with E-state index in [0.29, 0.717) is 6.04 Å². The molecule has 2 aliphatic rings. The molecule has 2 fully saturated rings. The van der Waals surface area contributed by atoms with Crippen LogP contribution < -0.4 is 5.32 Å². The standard InChI is InChI=1S/C38H43N7O/c1-3-44(4-2)35(30-10-6-5-7-11-30)38(46)45-23-9-13-34(45)37-41-25-33(43-37)29-20-16-27(17-21-29)26-14-18-28(19-15-26)32-24-40-36(42-32)31-12-8-22-39-31/h5-7,10-11,14-21,24-25,31,34-35,39H,3-4,8-9,12-13,22-23H2,1-2H3,(H,40,42)(H,41,43). The molecule has 3 unspecified atom stereocenters. The maximum atomic E-state index is 14.1. The van der Waals surface area contributed by atoms with Crippen LogP contribution in [0.15, 0.2) is 91.3 Å². The number of nitrogens with one attached hydrogen (secondary N) is 3. The number of likely N-dealkylation sites (N-methyl/N-ethyl adjacent to an activating group) is 1. The van der Waals surface area contributed by atoms with Crippen LogP contribution in [0, 0.1) is 0 Å². The third-order valence-electron chi connectivity index (χ3n) is 9.68. The van der Waals surface area contributed by atoms with Gasteiger partial charge in [-0.2, -0.15) is 0 Å². The van der Waals surface area contributed by atoms with Gasteiger partial charge < -0.3 is 20.2 Å². The van der Waals surface area contributed by atoms with E-state index in [4.69, 9.17) is 4.98 Å². The van der Waals surface area contributed by atoms with Gasteiger partial charge in [0.25, 0.3) is 0 Å². The molecule has 5 aromatic rings. The summed E-state index contributed by atoms with van der Waals surface area (Å²) in [4.78, 5) is 34.9. The molecule has 2 aromatic heterocycles. The van der Waals surface area contributed by atoms with E-state index in [2.05, 4.69) is 99.7 Å². The predicted octanol–water partition coefficient (Wildman–Crippen LogP) is 7.30. The van der Waals surface area contributed by atoms with Crippen molar-refractivity contribution in [3.63, 3.8) is 0 Å². The number of nitrogens with zero attached hydrogens (tertiary/aromatic N) is 4. The lowest BCUT2D eigenvalue weighted by Crippen LogP contribution is -2.43. The monoisotopic (exact) mass is 613 g/mol. The molecule has 2 saturated heterocycles. The Bertz CT molecular complexity index is 1730. The number of H-pyrrole nitrogens is 2. The number of carbonyl (C=O) groups excluding carboxylic acids is 1. The Morgan fingerprint density at radius 1 is 0.783 bits per heavy atom. The second kappa shape index (κ2) is 13.4. The Morgan fingerprint density at radius 2 is 1.37 bits per heavy atom. The highest BCUT2D eigenvalue weighted by Gasteiger charge is 2.38. The fourth-order valence-corrected chi connectivity index (χ4v) is 7.12. The van der Waals surface area contributed by atoms with Gasteiger partial charge in [-0.05, 0) is 73.1 Å². The molecule has 1 amide bonds. The molecule has 236 valence electrons. The van der Waals surface area contributed by atoms with Gasteiger partial charge >= 0.3 is 0 Å². The molecule has 46 heavy (non-hydrogen) atoms. The Labute approximate surface area is 271 Å². The molecule has 0 bridgehead atoms. The molecular formula is C38H43N7O. The maximum absolute atomic E-state index is 14.1. The Morgan fingerprint density at radius 3 is 1.96 bits per heavy atom. The van der Waals surface area contributed by atoms with E-state index >= 15 is 0 Å². The van der Waals surface area contributed by atoms with Crippen molar-refractivity contribution >= 4 is 5.91 Å². The van der Waals surface area contributed by atoms with Crippen LogP contribution in [-0.4, -0.2) is 61.8 Å². The second-order valence-electron chi connectivity index (χ2n) is 12.4. The molecule has 3 N–H and O–H groups in total. The van der Waals surface area contributed by atoms with Gasteiger partial charge in [-0.25, -0.2) is 9.97 Å². The van der Waals surface area contributed by atoms with E-state index in [1.54, 1.807) is 0 Å². The van der Waals surface area contributed by atoms with Crippen LogP contribution in [0.4, 0.5) is 0 Å². The summed E-state index contributed by atoms with van der Waals surface area (Å²) in [6.07, 6.45) is 8.04. The number of carbonyl (C=O) groups is 1. The molecule has 2 aliphatic heterocycles. The molecule has 4 heterocycles. The first-order valence-corrected chi connectivity index (χ1v) is 16.8. The molecule has 0 spiro atoms. The van der Waals surface area contributed by atoms with Gasteiger partial charge in [0.15, 0.2) is 0 Å². The Balaban J connectivity index is 1.05. The van der Waals surface area contributed by atoms with Crippen LogP contribution in [0.1, 0.15) is 74.9 Å². The third-order valence-corrected chi connectivity index (χ3v) is 9.68. The lowest BCUT2D eigenvalue weighted by molar-refractivity contribution is -0.138. The van der Waals surface area contributed by atoms with Gasteiger partial charge in [-0.15, -0.1) is 0 Å². The SMILES string of the molecule is CCN(CC)C(C(=O)N1CCCC1c1ncc(-c2ccc(-c3ccc(-c4cnc(C5CCCN5)[nH]4)cc3)cc2)[nH]1)c1ccccc1. The van der Waals surface area contributed by atoms with Crippen molar-refractivity contribution in [1.82, 2.24) is 35.1 Å². The van der Waals surface area contributed by atoms with E-state index in [-0.39, 0.29) is 18.0 Å². The van der Waals surface area contributed by atoms with Crippen LogP contribution in [0.2, 0.25) is 0 Å². The van der Waals surface area contributed by atoms with Crippen LogP contribution in [0.3, 0.4) is 0 Å². The van der Waals surface area contributed by atoms with Crippen molar-refractivity contribution in [2.45, 2.75) is 57.7 Å². The minimum absolute atomic E-state index is 0.0545. The van der Waals surface area contributed by atoms with Crippen molar-refractivity contribution in [1.29, 1.82) is 0 Å². The lowest BCUT2D eigenvalue weighted by Gasteiger charge is -2.34. The summed E-state index contributed by atoms with van der Waals surface area (Å²) in [5.41, 5.74) is 7.59. The molecule has 8 heteroatoms. The number of hydrogen-bond donors (Lipinski definition) is 3. The van der Waals surface area contributed by atoms with E-state index in [0.717, 1.165) is 90.7 Å². The molecule has 0 saturated carbocycles. The molecule has 3 aromatic carbocycles. The van der Waals surface area contributed by atoms with Crippen molar-refractivity contribution in [3.05, 3.63) is 108 Å². The van der Waals surface area contributed by atoms with Gasteiger partial charge in [0.2, 0.25) is 5.91 Å². The molecular weight excluding hydrogens is 570 g/mol. The van der Waals surface area contributed by atoms with Gasteiger partial charge in [-0.1, -0.05) is 92.7 Å². The number of likely N-dealkylation sites (tertiary alicyclic amines) is 1. The lowest BCUT2D eigenvalue weighted by atomic mass is 10.0. The molecule has 0 aliphatic carbocycles. The summed E-state index contributed by atoms with van der Waals surface area (Å²) in [6, 6.07) is 27.4. The van der Waals surface area contributed by atoms with E-state index < -0.39 is 0 Å². The number of aromatic amines is 2. The average molecular weight is 614 g/mol. The highest BCUT2D eigenvalue weighted by molar-refractivity contribution is 5.84. The smallest absolute Gasteiger partial charge is 0.245 e. The first kappa shape index (κ1) is 30.1. The highest BCUT2D eigenvalue weighted by atomic mass is 16.2. The average Bonchev–Trinajstić information content (AvgIpc) is 3.94.